The van der Waals surface area contributed by atoms with Crippen LogP contribution in [0.2, 0.25) is 0 Å². The lowest BCUT2D eigenvalue weighted by Gasteiger charge is -2.34. The molecule has 2 aromatic heterocycles. The van der Waals surface area contributed by atoms with Gasteiger partial charge in [-0.2, -0.15) is 9.37 Å². The van der Waals surface area contributed by atoms with Crippen LogP contribution in [0.1, 0.15) is 10.6 Å². The molecular weight excluding hydrogens is 291 g/mol. The summed E-state index contributed by atoms with van der Waals surface area (Å²) in [6.45, 7) is 2.15. The Morgan fingerprint density at radius 3 is 2.77 bits per heavy atom. The molecule has 8 heteroatoms. The molecule has 0 saturated carbocycles. The molecule has 0 aromatic carbocycles. The average Bonchev–Trinajstić information content (AvgIpc) is 3.09. The molecule has 3 rings (SSSR count). The quantitative estimate of drug-likeness (QED) is 0.848. The van der Waals surface area contributed by atoms with Crippen molar-refractivity contribution in [2.45, 2.75) is 0 Å². The summed E-state index contributed by atoms with van der Waals surface area (Å²) in [4.78, 5) is 23.7. The predicted molar refractivity (Wildman–Crippen MR) is 75.4 cm³/mol. The number of aromatic nitrogens is 2. The number of carbonyl (C=O) groups excluding carboxylic acids is 1. The Morgan fingerprint density at radius 1 is 1.36 bits per heavy atom. The van der Waals surface area contributed by atoms with Crippen molar-refractivity contribution < 1.29 is 18.3 Å². The summed E-state index contributed by atoms with van der Waals surface area (Å²) in [6.07, 6.45) is 2.56. The molecule has 0 radical (unpaired) electrons. The molecular formula is C14H15FN4O3. The van der Waals surface area contributed by atoms with Crippen LogP contribution in [0.15, 0.2) is 29.0 Å². The Morgan fingerprint density at radius 2 is 2.14 bits per heavy atom. The number of furan rings is 1. The number of rotatable bonds is 3. The Hall–Kier alpha value is -2.64. The van der Waals surface area contributed by atoms with E-state index in [1.54, 1.807) is 17.0 Å². The minimum Gasteiger partial charge on any atom is -0.479 e. The first kappa shape index (κ1) is 14.3. The summed E-state index contributed by atoms with van der Waals surface area (Å²) >= 11 is 0. The molecule has 0 bridgehead atoms. The summed E-state index contributed by atoms with van der Waals surface area (Å²) in [5, 5.41) is 0. The number of nitrogens with zero attached hydrogens (tertiary/aromatic N) is 4. The van der Waals surface area contributed by atoms with Gasteiger partial charge in [-0.15, -0.1) is 0 Å². The van der Waals surface area contributed by atoms with Gasteiger partial charge in [0.05, 0.1) is 19.6 Å². The van der Waals surface area contributed by atoms with Crippen LogP contribution in [0.5, 0.6) is 5.88 Å². The Labute approximate surface area is 126 Å². The zero-order valence-corrected chi connectivity index (χ0v) is 12.0. The fourth-order valence-corrected chi connectivity index (χ4v) is 2.30. The first-order chi connectivity index (χ1) is 10.7. The zero-order chi connectivity index (χ0) is 15.5. The van der Waals surface area contributed by atoms with Crippen LogP contribution in [-0.4, -0.2) is 54.1 Å². The highest BCUT2D eigenvalue weighted by molar-refractivity contribution is 5.91. The van der Waals surface area contributed by atoms with Crippen molar-refractivity contribution in [2.24, 2.45) is 0 Å². The van der Waals surface area contributed by atoms with Crippen LogP contribution in [-0.2, 0) is 0 Å². The third-order valence-corrected chi connectivity index (χ3v) is 3.47. The van der Waals surface area contributed by atoms with E-state index in [0.29, 0.717) is 37.9 Å². The third-order valence-electron chi connectivity index (χ3n) is 3.47. The molecule has 1 aliphatic heterocycles. The lowest BCUT2D eigenvalue weighted by atomic mass is 10.3. The normalized spacial score (nSPS) is 15.0. The summed E-state index contributed by atoms with van der Waals surface area (Å²) in [7, 11) is 1.36. The fraction of sp³-hybridized carbons (Fsp3) is 0.357. The Bertz CT molecular complexity index is 654. The molecule has 7 nitrogen and oxygen atoms in total. The molecule has 0 unspecified atom stereocenters. The van der Waals surface area contributed by atoms with Crippen molar-refractivity contribution in [1.29, 1.82) is 0 Å². The fourth-order valence-electron chi connectivity index (χ4n) is 2.30. The number of halogens is 1. The van der Waals surface area contributed by atoms with Gasteiger partial charge in [0.2, 0.25) is 11.8 Å². The highest BCUT2D eigenvalue weighted by Crippen LogP contribution is 2.18. The van der Waals surface area contributed by atoms with Gasteiger partial charge in [-0.25, -0.2) is 4.98 Å². The summed E-state index contributed by atoms with van der Waals surface area (Å²) in [5.41, 5.74) is 0. The maximum Gasteiger partial charge on any atom is 0.289 e. The molecule has 2 aromatic rings. The van der Waals surface area contributed by atoms with Crippen molar-refractivity contribution >= 4 is 11.9 Å². The highest BCUT2D eigenvalue weighted by Gasteiger charge is 2.25. The van der Waals surface area contributed by atoms with Crippen molar-refractivity contribution in [3.8, 4) is 5.88 Å². The van der Waals surface area contributed by atoms with E-state index in [2.05, 4.69) is 9.97 Å². The van der Waals surface area contributed by atoms with E-state index in [-0.39, 0.29) is 11.8 Å². The molecule has 1 fully saturated rings. The Kier molecular flexibility index (Phi) is 3.90. The number of piperazine rings is 1. The van der Waals surface area contributed by atoms with Gasteiger partial charge < -0.3 is 19.0 Å². The summed E-state index contributed by atoms with van der Waals surface area (Å²) < 4.78 is 23.3. The van der Waals surface area contributed by atoms with Crippen LogP contribution in [0, 0.1) is 5.82 Å². The molecule has 0 N–H and O–H groups in total. The second-order valence-electron chi connectivity index (χ2n) is 4.78. The van der Waals surface area contributed by atoms with E-state index in [0.717, 1.165) is 6.20 Å². The van der Waals surface area contributed by atoms with Gasteiger partial charge in [-0.05, 0) is 12.1 Å². The van der Waals surface area contributed by atoms with E-state index in [1.165, 1.54) is 13.4 Å². The van der Waals surface area contributed by atoms with Crippen LogP contribution in [0.4, 0.5) is 10.3 Å². The van der Waals surface area contributed by atoms with Gasteiger partial charge in [0.1, 0.15) is 0 Å². The SMILES string of the molecule is COc1nc(N2CCN(C(=O)c3ccco3)CC2)ncc1F. The summed E-state index contributed by atoms with van der Waals surface area (Å²) in [5.74, 6) is -0.101. The zero-order valence-electron chi connectivity index (χ0n) is 12.0. The average molecular weight is 306 g/mol. The minimum atomic E-state index is -0.599. The van der Waals surface area contributed by atoms with Crippen LogP contribution >= 0.6 is 0 Å². The van der Waals surface area contributed by atoms with Gasteiger partial charge in [-0.1, -0.05) is 0 Å². The number of carbonyl (C=O) groups is 1. The van der Waals surface area contributed by atoms with Gasteiger partial charge in [0, 0.05) is 26.2 Å². The molecule has 1 aliphatic rings. The molecule has 3 heterocycles. The maximum absolute atomic E-state index is 13.3. The number of anilines is 1. The smallest absolute Gasteiger partial charge is 0.289 e. The highest BCUT2D eigenvalue weighted by atomic mass is 19.1. The van der Waals surface area contributed by atoms with E-state index < -0.39 is 5.82 Å². The van der Waals surface area contributed by atoms with Gasteiger partial charge in [0.25, 0.3) is 11.8 Å². The van der Waals surface area contributed by atoms with Crippen molar-refractivity contribution in [3.05, 3.63) is 36.2 Å². The summed E-state index contributed by atoms with van der Waals surface area (Å²) in [6, 6.07) is 3.32. The molecule has 0 aliphatic carbocycles. The van der Waals surface area contributed by atoms with Crippen LogP contribution in [0.25, 0.3) is 0 Å². The second kappa shape index (κ2) is 6.00. The van der Waals surface area contributed by atoms with E-state index in [9.17, 15) is 9.18 Å². The van der Waals surface area contributed by atoms with Gasteiger partial charge >= 0.3 is 0 Å². The number of hydrogen-bond donors (Lipinski definition) is 0. The maximum atomic E-state index is 13.3. The first-order valence-corrected chi connectivity index (χ1v) is 6.83. The van der Waals surface area contributed by atoms with Crippen LogP contribution < -0.4 is 9.64 Å². The minimum absolute atomic E-state index is 0.0842. The van der Waals surface area contributed by atoms with E-state index in [4.69, 9.17) is 9.15 Å². The lowest BCUT2D eigenvalue weighted by molar-refractivity contribution is 0.0714. The molecule has 1 saturated heterocycles. The number of amides is 1. The van der Waals surface area contributed by atoms with Crippen molar-refractivity contribution in [2.75, 3.05) is 38.2 Å². The van der Waals surface area contributed by atoms with Crippen molar-refractivity contribution in [3.63, 3.8) is 0 Å². The lowest BCUT2D eigenvalue weighted by Crippen LogP contribution is -2.49. The van der Waals surface area contributed by atoms with E-state index >= 15 is 0 Å². The largest absolute Gasteiger partial charge is 0.479 e. The van der Waals surface area contributed by atoms with E-state index in [1.807, 2.05) is 4.90 Å². The predicted octanol–water partition coefficient (Wildman–Crippen LogP) is 1.18. The van der Waals surface area contributed by atoms with Gasteiger partial charge in [0.15, 0.2) is 5.76 Å². The standard InChI is InChI=1S/C14H15FN4O3/c1-21-12-10(15)9-16-14(17-12)19-6-4-18(5-7-19)13(20)11-3-2-8-22-11/h2-3,8-9H,4-7H2,1H3. The second-order valence-corrected chi connectivity index (χ2v) is 4.78. The topological polar surface area (TPSA) is 71.7 Å². The third kappa shape index (κ3) is 2.72. The molecule has 0 spiro atoms. The molecule has 1 amide bonds. The van der Waals surface area contributed by atoms with Crippen molar-refractivity contribution in [1.82, 2.24) is 14.9 Å². The molecule has 22 heavy (non-hydrogen) atoms. The van der Waals surface area contributed by atoms with Gasteiger partial charge in [-0.3, -0.25) is 4.79 Å². The number of ether oxygens (including phenoxy) is 1. The number of hydrogen-bond acceptors (Lipinski definition) is 6. The van der Waals surface area contributed by atoms with Crippen LogP contribution in [0.3, 0.4) is 0 Å². The monoisotopic (exact) mass is 306 g/mol. The first-order valence-electron chi connectivity index (χ1n) is 6.83. The Balaban J connectivity index is 1.65. The molecule has 116 valence electrons. The molecule has 0 atom stereocenters. The number of methoxy groups -OCH3 is 1.